The van der Waals surface area contributed by atoms with Gasteiger partial charge in [0.05, 0.1) is 17.7 Å². The highest BCUT2D eigenvalue weighted by molar-refractivity contribution is 5.92. The fourth-order valence-corrected chi connectivity index (χ4v) is 2.47. The summed E-state index contributed by atoms with van der Waals surface area (Å²) in [6, 6.07) is 7.67. The predicted molar refractivity (Wildman–Crippen MR) is 93.7 cm³/mol. The van der Waals surface area contributed by atoms with E-state index in [1.807, 2.05) is 19.3 Å². The van der Waals surface area contributed by atoms with Crippen LogP contribution in [-0.4, -0.2) is 33.9 Å². The summed E-state index contributed by atoms with van der Waals surface area (Å²) in [6.45, 7) is 1.60. The van der Waals surface area contributed by atoms with E-state index in [4.69, 9.17) is 9.47 Å². The van der Waals surface area contributed by atoms with Crippen molar-refractivity contribution in [3.05, 3.63) is 58.5 Å². The summed E-state index contributed by atoms with van der Waals surface area (Å²) in [4.78, 5) is 26.9. The summed E-state index contributed by atoms with van der Waals surface area (Å²) in [5.74, 6) is 0.136. The largest absolute Gasteiger partial charge is 0.490 e. The molecule has 0 aliphatic carbocycles. The molecular weight excluding hydrogens is 340 g/mol. The number of rotatable bonds is 6. The molecule has 0 spiro atoms. The van der Waals surface area contributed by atoms with Gasteiger partial charge in [0.25, 0.3) is 5.91 Å². The number of hydrogen-bond donors (Lipinski definition) is 1. The third-order valence-corrected chi connectivity index (χ3v) is 3.59. The molecular formula is C17H16N4O5. The number of methoxy groups -OCH3 is 1. The molecule has 3 aromatic rings. The molecule has 134 valence electrons. The number of imidazole rings is 1. The Morgan fingerprint density at radius 2 is 2.15 bits per heavy atom. The standard InChI is InChI=1S/C17H16N4O5/c1-11-9-20-7-3-4-15(17(20)18-11)26-10-16(22)19-12-5-6-14(25-2)13(8-12)21(23)24/h3-9H,10H2,1-2H3,(H,19,22). The maximum atomic E-state index is 12.1. The van der Waals surface area contributed by atoms with Gasteiger partial charge in [0.2, 0.25) is 0 Å². The minimum atomic E-state index is -0.577. The van der Waals surface area contributed by atoms with Gasteiger partial charge in [-0.05, 0) is 31.2 Å². The first-order valence-corrected chi connectivity index (χ1v) is 7.67. The Labute approximate surface area is 148 Å². The first-order chi connectivity index (χ1) is 12.5. The predicted octanol–water partition coefficient (Wildman–Crippen LogP) is 2.58. The van der Waals surface area contributed by atoms with Crippen molar-refractivity contribution in [2.24, 2.45) is 0 Å². The van der Waals surface area contributed by atoms with E-state index in [1.165, 1.54) is 25.3 Å². The Morgan fingerprint density at radius 1 is 1.35 bits per heavy atom. The smallest absolute Gasteiger partial charge is 0.312 e. The van der Waals surface area contributed by atoms with Crippen LogP contribution in [0.1, 0.15) is 5.69 Å². The van der Waals surface area contributed by atoms with Crippen LogP contribution in [-0.2, 0) is 4.79 Å². The van der Waals surface area contributed by atoms with Gasteiger partial charge in [-0.1, -0.05) is 0 Å². The lowest BCUT2D eigenvalue weighted by Gasteiger charge is -2.09. The summed E-state index contributed by atoms with van der Waals surface area (Å²) in [5, 5.41) is 13.6. The van der Waals surface area contributed by atoms with E-state index in [-0.39, 0.29) is 23.7 Å². The van der Waals surface area contributed by atoms with Crippen molar-refractivity contribution >= 4 is 22.9 Å². The summed E-state index contributed by atoms with van der Waals surface area (Å²) >= 11 is 0. The molecule has 0 aliphatic heterocycles. The number of benzene rings is 1. The fraction of sp³-hybridized carbons (Fsp3) is 0.176. The Hall–Kier alpha value is -3.62. The Bertz CT molecular complexity index is 982. The first-order valence-electron chi connectivity index (χ1n) is 7.67. The number of nitro groups is 1. The lowest BCUT2D eigenvalue weighted by Crippen LogP contribution is -2.20. The number of carbonyl (C=O) groups is 1. The summed E-state index contributed by atoms with van der Waals surface area (Å²) in [7, 11) is 1.34. The number of amides is 1. The maximum absolute atomic E-state index is 12.1. The third kappa shape index (κ3) is 3.56. The monoisotopic (exact) mass is 356 g/mol. The lowest BCUT2D eigenvalue weighted by molar-refractivity contribution is -0.385. The van der Waals surface area contributed by atoms with E-state index >= 15 is 0 Å². The van der Waals surface area contributed by atoms with Crippen molar-refractivity contribution in [3.63, 3.8) is 0 Å². The number of anilines is 1. The average molecular weight is 356 g/mol. The highest BCUT2D eigenvalue weighted by Gasteiger charge is 2.16. The van der Waals surface area contributed by atoms with E-state index < -0.39 is 10.8 Å². The molecule has 0 saturated carbocycles. The number of aryl methyl sites for hydroxylation is 1. The van der Waals surface area contributed by atoms with Crippen LogP contribution in [0.4, 0.5) is 11.4 Å². The van der Waals surface area contributed by atoms with Crippen molar-refractivity contribution in [1.29, 1.82) is 0 Å². The van der Waals surface area contributed by atoms with Gasteiger partial charge < -0.3 is 19.2 Å². The van der Waals surface area contributed by atoms with Gasteiger partial charge in [-0.2, -0.15) is 0 Å². The number of pyridine rings is 1. The molecule has 1 aromatic carbocycles. The molecule has 9 heteroatoms. The molecule has 0 aliphatic rings. The van der Waals surface area contributed by atoms with Crippen molar-refractivity contribution in [2.45, 2.75) is 6.92 Å². The second kappa shape index (κ2) is 7.09. The van der Waals surface area contributed by atoms with Crippen LogP contribution in [0, 0.1) is 17.0 Å². The van der Waals surface area contributed by atoms with Gasteiger partial charge in [-0.25, -0.2) is 4.98 Å². The Morgan fingerprint density at radius 3 is 2.88 bits per heavy atom. The van der Waals surface area contributed by atoms with Crippen molar-refractivity contribution < 1.29 is 19.2 Å². The zero-order valence-corrected chi connectivity index (χ0v) is 14.1. The average Bonchev–Trinajstić information content (AvgIpc) is 3.00. The molecule has 0 unspecified atom stereocenters. The maximum Gasteiger partial charge on any atom is 0.312 e. The normalized spacial score (nSPS) is 10.5. The summed E-state index contributed by atoms with van der Waals surface area (Å²) in [5.41, 5.74) is 1.48. The molecule has 0 saturated heterocycles. The van der Waals surface area contributed by atoms with Crippen molar-refractivity contribution in [1.82, 2.24) is 9.38 Å². The van der Waals surface area contributed by atoms with E-state index in [0.29, 0.717) is 11.4 Å². The van der Waals surface area contributed by atoms with Gasteiger partial charge in [-0.3, -0.25) is 14.9 Å². The van der Waals surface area contributed by atoms with Gasteiger partial charge in [0, 0.05) is 24.1 Å². The number of nitro benzene ring substituents is 1. The molecule has 1 amide bonds. The van der Waals surface area contributed by atoms with Crippen LogP contribution in [0.15, 0.2) is 42.7 Å². The Kier molecular flexibility index (Phi) is 4.70. The highest BCUT2D eigenvalue weighted by Crippen LogP contribution is 2.29. The first kappa shape index (κ1) is 17.2. The zero-order valence-electron chi connectivity index (χ0n) is 14.1. The van der Waals surface area contributed by atoms with Gasteiger partial charge in [0.1, 0.15) is 0 Å². The van der Waals surface area contributed by atoms with Gasteiger partial charge in [-0.15, -0.1) is 0 Å². The molecule has 26 heavy (non-hydrogen) atoms. The second-order valence-corrected chi connectivity index (χ2v) is 5.47. The van der Waals surface area contributed by atoms with Crippen molar-refractivity contribution in [2.75, 3.05) is 19.0 Å². The molecule has 2 heterocycles. The number of hydrogen-bond acceptors (Lipinski definition) is 6. The molecule has 2 aromatic heterocycles. The number of ether oxygens (including phenoxy) is 2. The molecule has 0 radical (unpaired) electrons. The molecule has 1 N–H and O–H groups in total. The Balaban J connectivity index is 1.69. The van der Waals surface area contributed by atoms with Gasteiger partial charge >= 0.3 is 5.69 Å². The lowest BCUT2D eigenvalue weighted by atomic mass is 10.2. The second-order valence-electron chi connectivity index (χ2n) is 5.47. The van der Waals surface area contributed by atoms with Crippen LogP contribution < -0.4 is 14.8 Å². The van der Waals surface area contributed by atoms with E-state index in [0.717, 1.165) is 5.69 Å². The number of fused-ring (bicyclic) bond motifs is 1. The molecule has 3 rings (SSSR count). The molecule has 9 nitrogen and oxygen atoms in total. The van der Waals surface area contributed by atoms with Crippen LogP contribution >= 0.6 is 0 Å². The van der Waals surface area contributed by atoms with E-state index in [9.17, 15) is 14.9 Å². The minimum Gasteiger partial charge on any atom is -0.490 e. The number of carbonyl (C=O) groups excluding carboxylic acids is 1. The quantitative estimate of drug-likeness (QED) is 0.537. The molecule has 0 fully saturated rings. The summed E-state index contributed by atoms with van der Waals surface area (Å²) in [6.07, 6.45) is 3.68. The van der Waals surface area contributed by atoms with E-state index in [1.54, 1.807) is 16.5 Å². The van der Waals surface area contributed by atoms with E-state index in [2.05, 4.69) is 10.3 Å². The van der Waals surface area contributed by atoms with Crippen LogP contribution in [0.25, 0.3) is 5.65 Å². The fourth-order valence-electron chi connectivity index (χ4n) is 2.47. The van der Waals surface area contributed by atoms with Crippen LogP contribution in [0.2, 0.25) is 0 Å². The number of aromatic nitrogens is 2. The van der Waals surface area contributed by atoms with Crippen molar-refractivity contribution in [3.8, 4) is 11.5 Å². The minimum absolute atomic E-state index is 0.116. The van der Waals surface area contributed by atoms with Crippen LogP contribution in [0.5, 0.6) is 11.5 Å². The highest BCUT2D eigenvalue weighted by atomic mass is 16.6. The van der Waals surface area contributed by atoms with Crippen LogP contribution in [0.3, 0.4) is 0 Å². The summed E-state index contributed by atoms with van der Waals surface area (Å²) < 4.78 is 12.3. The molecule has 0 bridgehead atoms. The third-order valence-electron chi connectivity index (χ3n) is 3.59. The SMILES string of the molecule is COc1ccc(NC(=O)COc2cccn3cc(C)nc23)cc1[N+](=O)[O-]. The number of nitrogens with one attached hydrogen (secondary N) is 1. The zero-order chi connectivity index (χ0) is 18.7. The molecule has 0 atom stereocenters. The van der Waals surface area contributed by atoms with Gasteiger partial charge in [0.15, 0.2) is 23.8 Å². The number of nitrogens with zero attached hydrogens (tertiary/aromatic N) is 3. The topological polar surface area (TPSA) is 108 Å².